The number of phenols is 28. The molecule has 0 amide bonds. The van der Waals surface area contributed by atoms with Gasteiger partial charge in [0, 0.05) is 65.5 Å². The van der Waals surface area contributed by atoms with E-state index >= 15 is 0 Å². The fourth-order valence-corrected chi connectivity index (χ4v) is 9.51. The standard InChI is InChI=1S/C46H28O29/c47-17-13(27(57)28(58)15-14(17)29(59)38(68)39(69)30(15)60)11-10-9(25(55)36(66)37(67)26(10)56)7(18(48)19(11)49)1-3-5(22(52)34(64)32(62)20(3)50)2(6-4(1)21(51)33(63)35(65)23(6)53)8-12-16-31(61)40(70)42(72)44(74)46(16)75-45(12)43(73)41(71)24(8)54/h47-74H. The molecule has 0 radical (unpaired) electrons. The summed E-state index contributed by atoms with van der Waals surface area (Å²) in [6.45, 7) is 0. The SMILES string of the molecule is Oc1c(O)c(O)c2c(oc3c(O)c(O)c(O)c(-c4c5c(O)c(O)c(O)c(O)c5c(-c5c(O)c(O)c(-c6c(O)c(O)c7c(O)c(O)c(O)c(O)c7c6O)c6c(O)c(O)c(O)c(O)c56)c5c(O)c(O)c(O)c(O)c45)c32)c1O. The normalized spacial score (nSPS) is 11.9. The molecule has 0 saturated carbocycles. The van der Waals surface area contributed by atoms with Crippen molar-refractivity contribution in [1.82, 2.24) is 0 Å². The first-order valence-corrected chi connectivity index (χ1v) is 20.2. The average Bonchev–Trinajstić information content (AvgIpc) is 3.83. The molecular formula is C46H28O29. The second-order valence-corrected chi connectivity index (χ2v) is 16.5. The van der Waals surface area contributed by atoms with Crippen LogP contribution in [-0.4, -0.2) is 143 Å². The molecule has 0 spiro atoms. The number of furan rings is 1. The molecule has 29 heteroatoms. The van der Waals surface area contributed by atoms with Gasteiger partial charge in [-0.3, -0.25) is 0 Å². The Morgan fingerprint density at radius 3 is 0.653 bits per heavy atom. The summed E-state index contributed by atoms with van der Waals surface area (Å²) >= 11 is 0. The van der Waals surface area contributed by atoms with Crippen LogP contribution in [-0.2, 0) is 0 Å². The van der Waals surface area contributed by atoms with Crippen LogP contribution in [0.1, 0.15) is 0 Å². The molecule has 0 aliphatic carbocycles. The fourth-order valence-electron chi connectivity index (χ4n) is 9.51. The van der Waals surface area contributed by atoms with Crippen molar-refractivity contribution in [3.63, 3.8) is 0 Å². The van der Waals surface area contributed by atoms with E-state index in [4.69, 9.17) is 4.42 Å². The largest absolute Gasteiger partial charge is 0.506 e. The molecule has 386 valence electrons. The van der Waals surface area contributed by atoms with Crippen LogP contribution in [0.5, 0.6) is 161 Å². The molecular weight excluding hydrogens is 1020 g/mol. The molecule has 0 fully saturated rings. The monoisotopic (exact) mass is 1040 g/mol. The van der Waals surface area contributed by atoms with Gasteiger partial charge in [0.25, 0.3) is 0 Å². The van der Waals surface area contributed by atoms with Gasteiger partial charge in [-0.1, -0.05) is 0 Å². The van der Waals surface area contributed by atoms with E-state index in [1.165, 1.54) is 0 Å². The van der Waals surface area contributed by atoms with Crippen molar-refractivity contribution in [3.8, 4) is 194 Å². The molecule has 0 atom stereocenters. The number of benzene rings is 9. The van der Waals surface area contributed by atoms with Crippen LogP contribution >= 0.6 is 0 Å². The second-order valence-electron chi connectivity index (χ2n) is 16.5. The number of hydrogen-bond donors (Lipinski definition) is 28. The van der Waals surface area contributed by atoms with E-state index in [0.29, 0.717) is 0 Å². The lowest BCUT2D eigenvalue weighted by molar-refractivity contribution is 0.347. The van der Waals surface area contributed by atoms with Crippen LogP contribution in [0.3, 0.4) is 0 Å². The van der Waals surface area contributed by atoms with Crippen molar-refractivity contribution in [2.24, 2.45) is 0 Å². The van der Waals surface area contributed by atoms with Gasteiger partial charge in [0.15, 0.2) is 91.7 Å². The first-order valence-electron chi connectivity index (χ1n) is 20.2. The van der Waals surface area contributed by atoms with E-state index < -0.39 is 259 Å². The molecule has 1 heterocycles. The summed E-state index contributed by atoms with van der Waals surface area (Å²) in [5.74, 6) is -48.0. The van der Waals surface area contributed by atoms with Crippen LogP contribution in [0.2, 0.25) is 0 Å². The lowest BCUT2D eigenvalue weighted by atomic mass is 9.79. The zero-order valence-electron chi connectivity index (χ0n) is 35.9. The maximum Gasteiger partial charge on any atom is 0.208 e. The number of fused-ring (bicyclic) bond motifs is 7. The predicted molar refractivity (Wildman–Crippen MR) is 247 cm³/mol. The first kappa shape index (κ1) is 46.9. The number of phenolic OH excluding ortho intramolecular Hbond substituents is 28. The second kappa shape index (κ2) is 14.4. The van der Waals surface area contributed by atoms with E-state index in [1.807, 2.05) is 0 Å². The molecule has 9 aromatic carbocycles. The Kier molecular flexibility index (Phi) is 9.01. The number of rotatable bonds is 3. The van der Waals surface area contributed by atoms with Crippen LogP contribution in [0.25, 0.3) is 98.4 Å². The van der Waals surface area contributed by atoms with Crippen molar-refractivity contribution in [2.75, 3.05) is 0 Å². The van der Waals surface area contributed by atoms with Crippen molar-refractivity contribution in [3.05, 3.63) is 0 Å². The Balaban J connectivity index is 1.56. The minimum absolute atomic E-state index is 1.08. The Hall–Kier alpha value is -11.8. The minimum atomic E-state index is -1.95. The Bertz CT molecular complexity index is 4360. The van der Waals surface area contributed by atoms with Gasteiger partial charge < -0.3 is 147 Å². The summed E-state index contributed by atoms with van der Waals surface area (Å²) in [7, 11) is 0. The third-order valence-electron chi connectivity index (χ3n) is 12.9. The third kappa shape index (κ3) is 5.20. The van der Waals surface area contributed by atoms with Crippen LogP contribution in [0.15, 0.2) is 4.42 Å². The van der Waals surface area contributed by atoms with Crippen molar-refractivity contribution in [1.29, 1.82) is 0 Å². The third-order valence-corrected chi connectivity index (χ3v) is 12.9. The van der Waals surface area contributed by atoms with Crippen molar-refractivity contribution in [2.45, 2.75) is 0 Å². The van der Waals surface area contributed by atoms with E-state index in [-0.39, 0.29) is 0 Å². The minimum Gasteiger partial charge on any atom is -0.506 e. The Labute approximate surface area is 406 Å². The highest BCUT2D eigenvalue weighted by Gasteiger charge is 2.41. The van der Waals surface area contributed by atoms with Gasteiger partial charge in [-0.25, -0.2) is 0 Å². The predicted octanol–water partition coefficient (Wildman–Crippen LogP) is 4.96. The summed E-state index contributed by atoms with van der Waals surface area (Å²) in [5, 5.41) is 302. The number of aromatic hydroxyl groups is 28. The van der Waals surface area contributed by atoms with Crippen molar-refractivity contribution < 1.29 is 147 Å². The quantitative estimate of drug-likeness (QED) is 0.0631. The highest BCUT2D eigenvalue weighted by molar-refractivity contribution is 6.35. The molecule has 0 aliphatic rings. The molecule has 0 bridgehead atoms. The average molecular weight is 1040 g/mol. The smallest absolute Gasteiger partial charge is 0.208 e. The van der Waals surface area contributed by atoms with Gasteiger partial charge in [-0.15, -0.1) is 0 Å². The van der Waals surface area contributed by atoms with Gasteiger partial charge in [0.05, 0.1) is 21.7 Å². The molecule has 0 unspecified atom stereocenters. The molecule has 75 heavy (non-hydrogen) atoms. The molecule has 0 saturated heterocycles. The summed E-state index contributed by atoms with van der Waals surface area (Å²) < 4.78 is 5.42. The highest BCUT2D eigenvalue weighted by Crippen LogP contribution is 2.70. The topological polar surface area (TPSA) is 580 Å². The molecule has 28 N–H and O–H groups in total. The van der Waals surface area contributed by atoms with Gasteiger partial charge in [-0.05, 0) is 0 Å². The lowest BCUT2D eigenvalue weighted by Crippen LogP contribution is -1.98. The van der Waals surface area contributed by atoms with Crippen LogP contribution in [0, 0.1) is 0 Å². The maximum atomic E-state index is 12.3. The summed E-state index contributed by atoms with van der Waals surface area (Å²) in [4.78, 5) is 0. The van der Waals surface area contributed by atoms with E-state index in [2.05, 4.69) is 0 Å². The van der Waals surface area contributed by atoms with E-state index in [9.17, 15) is 143 Å². The van der Waals surface area contributed by atoms with Crippen LogP contribution in [0.4, 0.5) is 0 Å². The van der Waals surface area contributed by atoms with Gasteiger partial charge >= 0.3 is 0 Å². The summed E-state index contributed by atoms with van der Waals surface area (Å²) in [5.41, 5.74) is -11.2. The zero-order chi connectivity index (χ0) is 55.3. The van der Waals surface area contributed by atoms with E-state index in [0.717, 1.165) is 0 Å². The summed E-state index contributed by atoms with van der Waals surface area (Å²) in [6, 6.07) is 0. The summed E-state index contributed by atoms with van der Waals surface area (Å²) in [6.07, 6.45) is 0. The van der Waals surface area contributed by atoms with Gasteiger partial charge in [-0.2, -0.15) is 0 Å². The molecule has 1 aromatic heterocycles. The van der Waals surface area contributed by atoms with E-state index in [1.54, 1.807) is 0 Å². The maximum absolute atomic E-state index is 12.3. The fraction of sp³-hybridized carbons (Fsp3) is 0. The molecule has 10 rings (SSSR count). The highest BCUT2D eigenvalue weighted by atomic mass is 16.4. The van der Waals surface area contributed by atoms with Crippen LogP contribution < -0.4 is 0 Å². The lowest BCUT2D eigenvalue weighted by Gasteiger charge is -2.26. The molecule has 29 nitrogen and oxygen atoms in total. The molecule has 10 aromatic rings. The number of hydrogen-bond acceptors (Lipinski definition) is 29. The van der Waals surface area contributed by atoms with Gasteiger partial charge in [0.2, 0.25) is 74.7 Å². The van der Waals surface area contributed by atoms with Gasteiger partial charge in [0.1, 0.15) is 5.75 Å². The Morgan fingerprint density at radius 2 is 0.307 bits per heavy atom. The zero-order valence-corrected chi connectivity index (χ0v) is 35.9. The van der Waals surface area contributed by atoms with Crippen molar-refractivity contribution >= 4 is 65.0 Å². The first-order chi connectivity index (χ1) is 35.0. The molecule has 0 aliphatic heterocycles. The Morgan fingerprint density at radius 1 is 0.120 bits per heavy atom.